The van der Waals surface area contributed by atoms with E-state index >= 15 is 0 Å². The molecule has 3 rings (SSSR count). The molecule has 1 amide bonds. The Bertz CT molecular complexity index is 1050. The molecule has 0 fully saturated rings. The van der Waals surface area contributed by atoms with Crippen molar-refractivity contribution < 1.29 is 22.4 Å². The first-order valence-corrected chi connectivity index (χ1v) is 10.1. The summed E-state index contributed by atoms with van der Waals surface area (Å²) in [7, 11) is 0. The average Bonchev–Trinajstić information content (AvgIpc) is 3.20. The number of hydrogen-bond donors (Lipinski definition) is 1. The fraction of sp³-hybridized carbons (Fsp3) is 0.409. The largest absolute Gasteiger partial charge is 0.344 e. The monoisotopic (exact) mass is 436 g/mol. The number of hydrogen-bond acceptors (Lipinski definition) is 3. The zero-order chi connectivity index (χ0) is 22.7. The van der Waals surface area contributed by atoms with Crippen LogP contribution in [0.25, 0.3) is 5.65 Å². The van der Waals surface area contributed by atoms with Crippen LogP contribution in [0.2, 0.25) is 0 Å². The normalized spacial score (nSPS) is 13.7. The van der Waals surface area contributed by atoms with Gasteiger partial charge >= 0.3 is 0 Å². The lowest BCUT2D eigenvalue weighted by Gasteiger charge is -2.18. The molecule has 2 unspecified atom stereocenters. The maximum Gasteiger partial charge on any atom is 0.280 e. The zero-order valence-electron chi connectivity index (χ0n) is 17.4. The topological polar surface area (TPSA) is 59.3 Å². The third-order valence-corrected chi connectivity index (χ3v) is 5.39. The molecule has 31 heavy (non-hydrogen) atoms. The van der Waals surface area contributed by atoms with Gasteiger partial charge in [-0.15, -0.1) is 0 Å². The summed E-state index contributed by atoms with van der Waals surface area (Å²) >= 11 is 0. The molecule has 1 N–H and O–H groups in total. The summed E-state index contributed by atoms with van der Waals surface area (Å²) in [6, 6.07) is 9.36. The van der Waals surface area contributed by atoms with Crippen molar-refractivity contribution in [3.63, 3.8) is 0 Å². The van der Waals surface area contributed by atoms with E-state index < -0.39 is 30.1 Å². The Morgan fingerprint density at radius 3 is 2.19 bits per heavy atom. The van der Waals surface area contributed by atoms with Gasteiger partial charge in [-0.2, -0.15) is 5.10 Å². The number of alkyl halides is 4. The third kappa shape index (κ3) is 4.86. The molecule has 0 saturated carbocycles. The summed E-state index contributed by atoms with van der Waals surface area (Å²) in [4.78, 5) is 16.4. The highest BCUT2D eigenvalue weighted by Gasteiger charge is 2.23. The van der Waals surface area contributed by atoms with Crippen LogP contribution in [0.1, 0.15) is 91.4 Å². The molecule has 0 saturated heterocycles. The molecule has 5 nitrogen and oxygen atoms in total. The van der Waals surface area contributed by atoms with E-state index in [1.807, 2.05) is 31.2 Å². The van der Waals surface area contributed by atoms with Gasteiger partial charge in [0.15, 0.2) is 11.3 Å². The van der Waals surface area contributed by atoms with Gasteiger partial charge < -0.3 is 5.32 Å². The summed E-state index contributed by atoms with van der Waals surface area (Å²) in [6.07, 6.45) is -4.45. The van der Waals surface area contributed by atoms with Gasteiger partial charge in [0.25, 0.3) is 18.8 Å². The van der Waals surface area contributed by atoms with E-state index in [1.54, 1.807) is 0 Å². The Balaban J connectivity index is 1.87. The minimum atomic E-state index is -3.05. The second-order valence-corrected chi connectivity index (χ2v) is 7.42. The van der Waals surface area contributed by atoms with Gasteiger partial charge in [-0.25, -0.2) is 27.1 Å². The van der Waals surface area contributed by atoms with E-state index in [9.17, 15) is 22.4 Å². The van der Waals surface area contributed by atoms with E-state index in [0.29, 0.717) is 18.4 Å². The van der Waals surface area contributed by atoms with Crippen LogP contribution in [0.3, 0.4) is 0 Å². The minimum absolute atomic E-state index is 0.171. The van der Waals surface area contributed by atoms with E-state index in [1.165, 1.54) is 5.56 Å². The van der Waals surface area contributed by atoms with E-state index in [2.05, 4.69) is 29.2 Å². The van der Waals surface area contributed by atoms with Gasteiger partial charge in [-0.05, 0) is 36.0 Å². The number of rotatable bonds is 8. The maximum absolute atomic E-state index is 13.3. The van der Waals surface area contributed by atoms with Gasteiger partial charge in [-0.1, -0.05) is 45.0 Å². The highest BCUT2D eigenvalue weighted by Crippen LogP contribution is 2.26. The first-order valence-electron chi connectivity index (χ1n) is 10.1. The summed E-state index contributed by atoms with van der Waals surface area (Å²) in [5.74, 6) is -0.168. The zero-order valence-corrected chi connectivity index (χ0v) is 17.4. The fourth-order valence-corrected chi connectivity index (χ4v) is 3.34. The molecule has 2 heterocycles. The maximum atomic E-state index is 13.3. The van der Waals surface area contributed by atoms with E-state index in [0.717, 1.165) is 22.6 Å². The molecule has 9 heteroatoms. The lowest BCUT2D eigenvalue weighted by molar-refractivity contribution is 0.0929. The molecule has 0 radical (unpaired) electrons. The van der Waals surface area contributed by atoms with Crippen molar-refractivity contribution in [1.29, 1.82) is 0 Å². The van der Waals surface area contributed by atoms with Crippen molar-refractivity contribution in [3.05, 3.63) is 64.6 Å². The van der Waals surface area contributed by atoms with Crippen LogP contribution in [-0.2, 0) is 0 Å². The molecule has 0 aliphatic carbocycles. The summed E-state index contributed by atoms with van der Waals surface area (Å²) in [5, 5.41) is 6.71. The Kier molecular flexibility index (Phi) is 6.92. The number of benzene rings is 1. The molecule has 166 valence electrons. The molecule has 0 spiro atoms. The Labute approximate surface area is 177 Å². The molecular weight excluding hydrogens is 412 g/mol. The minimum Gasteiger partial charge on any atom is -0.344 e. The molecule has 2 aromatic heterocycles. The number of halogens is 4. The predicted molar refractivity (Wildman–Crippen MR) is 109 cm³/mol. The van der Waals surface area contributed by atoms with Gasteiger partial charge in [0.05, 0.1) is 6.04 Å². The number of nitrogens with zero attached hydrogens (tertiary/aromatic N) is 3. The van der Waals surface area contributed by atoms with Crippen molar-refractivity contribution in [2.24, 2.45) is 0 Å². The second kappa shape index (κ2) is 9.45. The number of amides is 1. The highest BCUT2D eigenvalue weighted by atomic mass is 19.3. The van der Waals surface area contributed by atoms with Gasteiger partial charge in [0.2, 0.25) is 0 Å². The second-order valence-electron chi connectivity index (χ2n) is 7.42. The predicted octanol–water partition coefficient (Wildman–Crippen LogP) is 6.00. The average molecular weight is 436 g/mol. The molecule has 1 aromatic carbocycles. The van der Waals surface area contributed by atoms with Crippen LogP contribution < -0.4 is 5.32 Å². The van der Waals surface area contributed by atoms with Crippen molar-refractivity contribution >= 4 is 11.6 Å². The first kappa shape index (κ1) is 22.7. The molecule has 0 aliphatic heterocycles. The highest BCUT2D eigenvalue weighted by molar-refractivity contribution is 5.93. The summed E-state index contributed by atoms with van der Waals surface area (Å²) in [6.45, 7) is 6.16. The molecule has 3 aromatic rings. The van der Waals surface area contributed by atoms with E-state index in [-0.39, 0.29) is 17.4 Å². The smallest absolute Gasteiger partial charge is 0.280 e. The van der Waals surface area contributed by atoms with Crippen molar-refractivity contribution in [2.45, 2.75) is 58.4 Å². The lowest BCUT2D eigenvalue weighted by Crippen LogP contribution is -2.28. The standard InChI is InChI=1S/C22H24F4N4O/c1-4-12(3)13-6-8-14(9-7-13)15(5-2)28-22(31)17-11-19-27-16(20(23)24)10-18(21(25)26)30(19)29-17/h6-12,15,20-21H,4-5H2,1-3H3,(H,28,31). The number of aromatic nitrogens is 3. The molecule has 2 atom stereocenters. The van der Waals surface area contributed by atoms with Gasteiger partial charge in [0, 0.05) is 6.07 Å². The Hall–Kier alpha value is -2.97. The molecular formula is C22H24F4N4O. The van der Waals surface area contributed by atoms with Gasteiger partial charge in [-0.3, -0.25) is 4.79 Å². The fourth-order valence-electron chi connectivity index (χ4n) is 3.34. The van der Waals surface area contributed by atoms with Crippen LogP contribution in [-0.4, -0.2) is 20.5 Å². The van der Waals surface area contributed by atoms with Crippen molar-refractivity contribution in [2.75, 3.05) is 0 Å². The third-order valence-electron chi connectivity index (χ3n) is 5.39. The van der Waals surface area contributed by atoms with Crippen molar-refractivity contribution in [3.8, 4) is 0 Å². The Morgan fingerprint density at radius 2 is 1.65 bits per heavy atom. The van der Waals surface area contributed by atoms with Crippen molar-refractivity contribution in [1.82, 2.24) is 19.9 Å². The van der Waals surface area contributed by atoms with Crippen LogP contribution in [0.15, 0.2) is 36.4 Å². The quantitative estimate of drug-likeness (QED) is 0.441. The van der Waals surface area contributed by atoms with Crippen LogP contribution in [0.4, 0.5) is 17.6 Å². The van der Waals surface area contributed by atoms with Crippen LogP contribution in [0, 0.1) is 0 Å². The summed E-state index contributed by atoms with van der Waals surface area (Å²) in [5.41, 5.74) is 0.167. The molecule has 0 aliphatic rings. The Morgan fingerprint density at radius 1 is 1.00 bits per heavy atom. The number of fused-ring (bicyclic) bond motifs is 1. The molecule has 0 bridgehead atoms. The summed E-state index contributed by atoms with van der Waals surface area (Å²) < 4.78 is 53.4. The number of carbonyl (C=O) groups excluding carboxylic acids is 1. The van der Waals surface area contributed by atoms with Gasteiger partial charge in [0.1, 0.15) is 11.4 Å². The lowest BCUT2D eigenvalue weighted by atomic mass is 9.95. The number of carbonyl (C=O) groups is 1. The van der Waals surface area contributed by atoms with Crippen LogP contribution in [0.5, 0.6) is 0 Å². The number of nitrogens with one attached hydrogen (secondary N) is 1. The van der Waals surface area contributed by atoms with E-state index in [4.69, 9.17) is 0 Å². The first-order chi connectivity index (χ1) is 14.7. The SMILES string of the molecule is CCC(C)c1ccc(C(CC)NC(=O)c2cc3nc(C(F)F)cc(C(F)F)n3n2)cc1. The van der Waals surface area contributed by atoms with Crippen LogP contribution >= 0.6 is 0 Å².